The number of aromatic nitrogens is 3. The molecule has 0 atom stereocenters. The van der Waals surface area contributed by atoms with Gasteiger partial charge in [0.1, 0.15) is 5.52 Å². The molecular weight excluding hydrogens is 435 g/mol. The van der Waals surface area contributed by atoms with Gasteiger partial charge in [0.15, 0.2) is 5.65 Å². The largest absolute Gasteiger partial charge is 1.00 e. The predicted octanol–water partition coefficient (Wildman–Crippen LogP) is 1.06. The number of aryl methyl sites for hydroxylation is 2. The van der Waals surface area contributed by atoms with Crippen molar-refractivity contribution in [1.82, 2.24) is 14.5 Å². The van der Waals surface area contributed by atoms with Crippen LogP contribution in [0.1, 0.15) is 11.1 Å². The first-order chi connectivity index (χ1) is 11.8. The first-order valence-corrected chi connectivity index (χ1v) is 8.80. The molecule has 0 aliphatic heterocycles. The summed E-state index contributed by atoms with van der Waals surface area (Å²) in [5.41, 5.74) is 7.69. The van der Waals surface area contributed by atoms with Crippen LogP contribution >= 0.6 is 0 Å². The molecule has 0 amide bonds. The highest BCUT2D eigenvalue weighted by atomic mass is 127. The molecule has 2 heterocycles. The molecule has 4 aromatic rings. The Balaban J connectivity index is 0.00000196. The van der Waals surface area contributed by atoms with E-state index in [1.165, 1.54) is 22.0 Å². The maximum absolute atomic E-state index is 5.01. The second-order valence-electron chi connectivity index (χ2n) is 8.00. The standard InChI is InChI=1S/C21H25N4.HI/c1-14-12-17-18(13-15(14)2)23-21-20(22-17)16-8-6-7-9-19(16)24(21)10-11-25(3,4)5;/h6-9,12-13H,10-11H2,1-5H3;1H/q+1;/p-1. The monoisotopic (exact) mass is 460 g/mol. The molecule has 0 aliphatic carbocycles. The molecule has 0 saturated heterocycles. The Morgan fingerprint density at radius 2 is 1.54 bits per heavy atom. The summed E-state index contributed by atoms with van der Waals surface area (Å²) in [4.78, 5) is 10.00. The third-order valence-corrected chi connectivity index (χ3v) is 4.96. The van der Waals surface area contributed by atoms with Crippen molar-refractivity contribution >= 4 is 33.1 Å². The number of para-hydroxylation sites is 1. The highest BCUT2D eigenvalue weighted by Gasteiger charge is 2.16. The number of halogens is 1. The van der Waals surface area contributed by atoms with Crippen LogP contribution in [0.25, 0.3) is 33.1 Å². The molecule has 0 aliphatic rings. The third kappa shape index (κ3) is 3.30. The van der Waals surface area contributed by atoms with Gasteiger partial charge in [0.2, 0.25) is 0 Å². The number of likely N-dealkylation sites (N-methyl/N-ethyl adjacent to an activating group) is 1. The lowest BCUT2D eigenvalue weighted by molar-refractivity contribution is -0.870. The molecule has 0 unspecified atom stereocenters. The van der Waals surface area contributed by atoms with Gasteiger partial charge < -0.3 is 33.0 Å². The summed E-state index contributed by atoms with van der Waals surface area (Å²) in [5.74, 6) is 0. The van der Waals surface area contributed by atoms with Gasteiger partial charge in [0.05, 0.1) is 50.8 Å². The maximum Gasteiger partial charge on any atom is 0.160 e. The van der Waals surface area contributed by atoms with Crippen LogP contribution in [0.15, 0.2) is 36.4 Å². The zero-order chi connectivity index (χ0) is 17.8. The Morgan fingerprint density at radius 3 is 2.19 bits per heavy atom. The van der Waals surface area contributed by atoms with E-state index in [1.54, 1.807) is 0 Å². The molecule has 0 bridgehead atoms. The fourth-order valence-corrected chi connectivity index (χ4v) is 3.32. The van der Waals surface area contributed by atoms with Crippen molar-refractivity contribution in [1.29, 1.82) is 0 Å². The average molecular weight is 460 g/mol. The van der Waals surface area contributed by atoms with Gasteiger partial charge in [-0.2, -0.15) is 0 Å². The molecule has 26 heavy (non-hydrogen) atoms. The second-order valence-corrected chi connectivity index (χ2v) is 8.00. The van der Waals surface area contributed by atoms with Gasteiger partial charge in [-0.1, -0.05) is 18.2 Å². The predicted molar refractivity (Wildman–Crippen MR) is 105 cm³/mol. The minimum atomic E-state index is 0. The SMILES string of the molecule is Cc1cc2nc3c4ccccc4n(CC[N+](C)(C)C)c3nc2cc1C.[I-]. The molecule has 2 aromatic carbocycles. The van der Waals surface area contributed by atoms with Crippen LogP contribution in [-0.2, 0) is 6.54 Å². The lowest BCUT2D eigenvalue weighted by Gasteiger charge is -2.24. The Hall–Kier alpha value is -1.73. The highest BCUT2D eigenvalue weighted by Crippen LogP contribution is 2.29. The topological polar surface area (TPSA) is 30.7 Å². The van der Waals surface area contributed by atoms with Crippen LogP contribution in [0.4, 0.5) is 0 Å². The van der Waals surface area contributed by atoms with Crippen LogP contribution in [0.3, 0.4) is 0 Å². The fraction of sp³-hybridized carbons (Fsp3) is 0.333. The minimum absolute atomic E-state index is 0. The van der Waals surface area contributed by atoms with Gasteiger partial charge >= 0.3 is 0 Å². The highest BCUT2D eigenvalue weighted by molar-refractivity contribution is 6.06. The van der Waals surface area contributed by atoms with E-state index in [9.17, 15) is 0 Å². The van der Waals surface area contributed by atoms with Crippen LogP contribution < -0.4 is 24.0 Å². The van der Waals surface area contributed by atoms with Gasteiger partial charge in [-0.15, -0.1) is 0 Å². The normalized spacial score (nSPS) is 12.0. The lowest BCUT2D eigenvalue weighted by atomic mass is 10.1. The van der Waals surface area contributed by atoms with Gasteiger partial charge in [-0.05, 0) is 43.2 Å². The van der Waals surface area contributed by atoms with Crippen molar-refractivity contribution in [2.75, 3.05) is 27.7 Å². The number of fused-ring (bicyclic) bond motifs is 4. The summed E-state index contributed by atoms with van der Waals surface area (Å²) in [6.45, 7) is 6.23. The Bertz CT molecular complexity index is 1110. The van der Waals surface area contributed by atoms with Crippen LogP contribution in [-0.4, -0.2) is 46.7 Å². The van der Waals surface area contributed by atoms with Gasteiger partial charge in [0.25, 0.3) is 0 Å². The smallest absolute Gasteiger partial charge is 0.160 e. The number of hydrogen-bond acceptors (Lipinski definition) is 2. The Labute approximate surface area is 171 Å². The van der Waals surface area contributed by atoms with E-state index in [0.717, 1.165) is 39.8 Å². The van der Waals surface area contributed by atoms with Crippen molar-refractivity contribution in [2.24, 2.45) is 0 Å². The quantitative estimate of drug-likeness (QED) is 0.338. The molecule has 0 N–H and O–H groups in total. The first kappa shape index (κ1) is 19.0. The summed E-state index contributed by atoms with van der Waals surface area (Å²) < 4.78 is 3.25. The van der Waals surface area contributed by atoms with E-state index < -0.39 is 0 Å². The van der Waals surface area contributed by atoms with Gasteiger partial charge in [-0.25, -0.2) is 9.97 Å². The molecular formula is C21H25IN4. The fourth-order valence-electron chi connectivity index (χ4n) is 3.32. The number of nitrogens with zero attached hydrogens (tertiary/aromatic N) is 4. The Kier molecular flexibility index (Phi) is 4.96. The molecule has 0 saturated carbocycles. The van der Waals surface area contributed by atoms with Crippen LogP contribution in [0, 0.1) is 13.8 Å². The molecule has 4 rings (SSSR count). The zero-order valence-corrected chi connectivity index (χ0v) is 18.2. The van der Waals surface area contributed by atoms with Crippen molar-refractivity contribution in [2.45, 2.75) is 20.4 Å². The average Bonchev–Trinajstić information content (AvgIpc) is 2.85. The summed E-state index contributed by atoms with van der Waals surface area (Å²) in [7, 11) is 6.67. The van der Waals surface area contributed by atoms with Crippen LogP contribution in [0.2, 0.25) is 0 Å². The third-order valence-electron chi connectivity index (χ3n) is 4.96. The number of quaternary nitrogens is 1. The van der Waals surface area contributed by atoms with E-state index in [0.29, 0.717) is 0 Å². The molecule has 0 spiro atoms. The molecule has 0 fully saturated rings. The van der Waals surface area contributed by atoms with Gasteiger partial charge in [0, 0.05) is 5.39 Å². The van der Waals surface area contributed by atoms with E-state index in [2.05, 4.69) is 76.0 Å². The number of hydrogen-bond donors (Lipinski definition) is 0. The first-order valence-electron chi connectivity index (χ1n) is 8.80. The minimum Gasteiger partial charge on any atom is -1.00 e. The van der Waals surface area contributed by atoms with Crippen molar-refractivity contribution in [3.05, 3.63) is 47.5 Å². The van der Waals surface area contributed by atoms with E-state index in [1.807, 2.05) is 0 Å². The zero-order valence-electron chi connectivity index (χ0n) is 16.0. The summed E-state index contributed by atoms with van der Waals surface area (Å²) >= 11 is 0. The molecule has 0 radical (unpaired) electrons. The number of rotatable bonds is 3. The van der Waals surface area contributed by atoms with Crippen LogP contribution in [0.5, 0.6) is 0 Å². The summed E-state index contributed by atoms with van der Waals surface area (Å²) in [6, 6.07) is 12.8. The molecule has 5 heteroatoms. The maximum atomic E-state index is 5.01. The molecule has 4 nitrogen and oxygen atoms in total. The number of benzene rings is 2. The van der Waals surface area contributed by atoms with E-state index in [-0.39, 0.29) is 24.0 Å². The second kappa shape index (κ2) is 6.78. The van der Waals surface area contributed by atoms with Gasteiger partial charge in [-0.3, -0.25) is 0 Å². The van der Waals surface area contributed by atoms with E-state index in [4.69, 9.17) is 9.97 Å². The van der Waals surface area contributed by atoms with Crippen molar-refractivity contribution in [3.8, 4) is 0 Å². The summed E-state index contributed by atoms with van der Waals surface area (Å²) in [5, 5.41) is 1.19. The van der Waals surface area contributed by atoms with E-state index >= 15 is 0 Å². The van der Waals surface area contributed by atoms with Crippen molar-refractivity contribution < 1.29 is 28.5 Å². The molecule has 2 aromatic heterocycles. The van der Waals surface area contributed by atoms with Crippen molar-refractivity contribution in [3.63, 3.8) is 0 Å². The molecule has 136 valence electrons. The summed E-state index contributed by atoms with van der Waals surface area (Å²) in [6.07, 6.45) is 0. The Morgan fingerprint density at radius 1 is 0.923 bits per heavy atom. The lowest BCUT2D eigenvalue weighted by Crippen LogP contribution is -3.00.